The molecular formula is C25H22ClN3O6S. The fourth-order valence-electron chi connectivity index (χ4n) is 3.48. The molecule has 1 amide bonds. The molecule has 3 aromatic rings. The number of ether oxygens (including phenoxy) is 1. The van der Waals surface area contributed by atoms with E-state index in [2.05, 4.69) is 5.10 Å². The van der Waals surface area contributed by atoms with Gasteiger partial charge in [0.1, 0.15) is 11.5 Å². The van der Waals surface area contributed by atoms with Gasteiger partial charge in [-0.25, -0.2) is 18.4 Å². The summed E-state index contributed by atoms with van der Waals surface area (Å²) in [4.78, 5) is 25.3. The number of hydrogen-bond acceptors (Lipinski definition) is 7. The number of esters is 1. The van der Waals surface area contributed by atoms with E-state index in [4.69, 9.17) is 25.9 Å². The summed E-state index contributed by atoms with van der Waals surface area (Å²) in [7, 11) is -3.85. The zero-order valence-electron chi connectivity index (χ0n) is 19.6. The van der Waals surface area contributed by atoms with Crippen LogP contribution in [-0.4, -0.2) is 32.1 Å². The Morgan fingerprint density at radius 2 is 1.83 bits per heavy atom. The van der Waals surface area contributed by atoms with Crippen LogP contribution in [0, 0.1) is 0 Å². The molecule has 11 heteroatoms. The first-order valence-electron chi connectivity index (χ1n) is 10.8. The van der Waals surface area contributed by atoms with Crippen molar-refractivity contribution in [3.8, 4) is 11.3 Å². The highest BCUT2D eigenvalue weighted by atomic mass is 35.5. The summed E-state index contributed by atoms with van der Waals surface area (Å²) in [6.45, 7) is 5.18. The van der Waals surface area contributed by atoms with Crippen LogP contribution in [0.3, 0.4) is 0 Å². The lowest BCUT2D eigenvalue weighted by atomic mass is 10.1. The van der Waals surface area contributed by atoms with Gasteiger partial charge in [0.2, 0.25) is 10.0 Å². The van der Waals surface area contributed by atoms with Crippen LogP contribution in [0.15, 0.2) is 74.6 Å². The van der Waals surface area contributed by atoms with E-state index in [1.54, 1.807) is 57.2 Å². The Morgan fingerprint density at radius 1 is 1.14 bits per heavy atom. The molecular weight excluding hydrogens is 506 g/mol. The van der Waals surface area contributed by atoms with Crippen molar-refractivity contribution >= 4 is 51.0 Å². The topological polar surface area (TPSA) is 132 Å². The highest BCUT2D eigenvalue weighted by Crippen LogP contribution is 2.30. The van der Waals surface area contributed by atoms with Crippen LogP contribution < -0.4 is 10.1 Å². The van der Waals surface area contributed by atoms with Crippen molar-refractivity contribution in [3.05, 3.63) is 76.5 Å². The van der Waals surface area contributed by atoms with Gasteiger partial charge in [-0.2, -0.15) is 10.1 Å². The van der Waals surface area contributed by atoms with Crippen molar-refractivity contribution in [3.63, 3.8) is 0 Å². The number of halogens is 1. The molecule has 1 aliphatic heterocycles. The van der Waals surface area contributed by atoms with Crippen LogP contribution in [0.4, 0.5) is 5.69 Å². The Kier molecular flexibility index (Phi) is 6.85. The number of benzene rings is 2. The predicted octanol–water partition coefficient (Wildman–Crippen LogP) is 4.62. The average Bonchev–Trinajstić information content (AvgIpc) is 3.39. The molecule has 0 saturated carbocycles. The van der Waals surface area contributed by atoms with E-state index >= 15 is 0 Å². The van der Waals surface area contributed by atoms with Gasteiger partial charge in [0, 0.05) is 5.56 Å². The molecule has 0 unspecified atom stereocenters. The first kappa shape index (κ1) is 25.4. The smallest absolute Gasteiger partial charge is 0.339 e. The van der Waals surface area contributed by atoms with Crippen molar-refractivity contribution in [2.45, 2.75) is 31.8 Å². The number of carbonyl (C=O) groups is 2. The van der Waals surface area contributed by atoms with Crippen LogP contribution in [0.2, 0.25) is 5.02 Å². The molecule has 2 heterocycles. The molecule has 0 atom stereocenters. The van der Waals surface area contributed by atoms with E-state index in [1.807, 2.05) is 0 Å². The van der Waals surface area contributed by atoms with Crippen LogP contribution in [0.25, 0.3) is 17.4 Å². The summed E-state index contributed by atoms with van der Waals surface area (Å²) >= 11 is 6.18. The first-order chi connectivity index (χ1) is 16.9. The third-order valence-corrected chi connectivity index (χ3v) is 6.46. The second-order valence-electron chi connectivity index (χ2n) is 8.25. The van der Waals surface area contributed by atoms with Crippen LogP contribution >= 0.6 is 11.6 Å². The average molecular weight is 528 g/mol. The number of primary sulfonamides is 1. The van der Waals surface area contributed by atoms with E-state index in [9.17, 15) is 18.0 Å². The van der Waals surface area contributed by atoms with Gasteiger partial charge in [-0.05, 0) is 81.4 Å². The fraction of sp³-hybridized carbons (Fsp3) is 0.160. The lowest BCUT2D eigenvalue weighted by Crippen LogP contribution is -2.21. The Balaban J connectivity index is 1.58. The highest BCUT2D eigenvalue weighted by molar-refractivity contribution is 7.89. The van der Waals surface area contributed by atoms with Gasteiger partial charge in [-0.3, -0.25) is 4.79 Å². The van der Waals surface area contributed by atoms with Crippen molar-refractivity contribution in [2.75, 3.05) is 5.01 Å². The van der Waals surface area contributed by atoms with Crippen molar-refractivity contribution in [2.24, 2.45) is 10.2 Å². The second kappa shape index (κ2) is 9.73. The van der Waals surface area contributed by atoms with E-state index < -0.39 is 21.9 Å². The molecule has 0 bridgehead atoms. The van der Waals surface area contributed by atoms with E-state index in [1.165, 1.54) is 29.3 Å². The summed E-state index contributed by atoms with van der Waals surface area (Å²) in [5, 5.41) is 10.8. The minimum absolute atomic E-state index is 0.0692. The van der Waals surface area contributed by atoms with Gasteiger partial charge in [-0.1, -0.05) is 11.6 Å². The fourth-order valence-corrected chi connectivity index (χ4v) is 4.19. The summed E-state index contributed by atoms with van der Waals surface area (Å²) in [5.74, 6) is -0.0755. The molecule has 186 valence electrons. The lowest BCUT2D eigenvalue weighted by Gasteiger charge is -2.12. The number of anilines is 1. The zero-order valence-corrected chi connectivity index (χ0v) is 21.1. The monoisotopic (exact) mass is 527 g/mol. The standard InChI is InChI=1S/C25H22ClN3O6S/c1-14(2)34-25(31)21-12-16(4-10-22(21)26)23-11-7-18(35-23)13-20-15(3)28-29(24(20)30)17-5-8-19(9-6-17)36(27,32)33/h4-14H,1-3H3,(H2,27,32,33)/b20-13-. The number of hydrogen-bond donors (Lipinski definition) is 1. The van der Waals surface area contributed by atoms with Crippen LogP contribution in [0.1, 0.15) is 36.9 Å². The third-order valence-electron chi connectivity index (χ3n) is 5.20. The Morgan fingerprint density at radius 3 is 2.47 bits per heavy atom. The zero-order chi connectivity index (χ0) is 26.2. The van der Waals surface area contributed by atoms with Crippen LogP contribution in [0.5, 0.6) is 0 Å². The quantitative estimate of drug-likeness (QED) is 0.367. The SMILES string of the molecule is CC1=NN(c2ccc(S(N)(=O)=O)cc2)C(=O)/C1=C\c1ccc(-c2ccc(Cl)c(C(=O)OC(C)C)c2)o1. The number of rotatable bonds is 6. The van der Waals surface area contributed by atoms with Gasteiger partial charge >= 0.3 is 5.97 Å². The molecule has 36 heavy (non-hydrogen) atoms. The van der Waals surface area contributed by atoms with Crippen molar-refractivity contribution in [1.82, 2.24) is 0 Å². The van der Waals surface area contributed by atoms with Crippen LogP contribution in [-0.2, 0) is 19.6 Å². The maximum Gasteiger partial charge on any atom is 0.339 e. The number of sulfonamides is 1. The molecule has 0 saturated heterocycles. The van der Waals surface area contributed by atoms with E-state index in [0.717, 1.165) is 0 Å². The normalized spacial score (nSPS) is 15.1. The predicted molar refractivity (Wildman–Crippen MR) is 136 cm³/mol. The van der Waals surface area contributed by atoms with Gasteiger partial charge in [-0.15, -0.1) is 0 Å². The number of furan rings is 1. The molecule has 0 fully saturated rings. The summed E-state index contributed by atoms with van der Waals surface area (Å²) in [6, 6.07) is 13.8. The number of nitrogens with zero attached hydrogens (tertiary/aromatic N) is 2. The summed E-state index contributed by atoms with van der Waals surface area (Å²) in [5.41, 5.74) is 1.98. The number of nitrogens with two attached hydrogens (primary N) is 1. The minimum Gasteiger partial charge on any atom is -0.459 e. The molecule has 9 nitrogen and oxygen atoms in total. The first-order valence-corrected chi connectivity index (χ1v) is 12.7. The van der Waals surface area contributed by atoms with Crippen molar-refractivity contribution < 1.29 is 27.2 Å². The maximum absolute atomic E-state index is 13.0. The number of carbonyl (C=O) groups excluding carboxylic acids is 2. The number of hydrazone groups is 1. The minimum atomic E-state index is -3.85. The third kappa shape index (κ3) is 5.25. The highest BCUT2D eigenvalue weighted by Gasteiger charge is 2.29. The summed E-state index contributed by atoms with van der Waals surface area (Å²) in [6.07, 6.45) is 1.27. The van der Waals surface area contributed by atoms with Gasteiger partial charge < -0.3 is 9.15 Å². The molecule has 0 radical (unpaired) electrons. The maximum atomic E-state index is 13.0. The Hall–Kier alpha value is -3.73. The molecule has 4 rings (SSSR count). The molecule has 1 aromatic heterocycles. The molecule has 1 aliphatic rings. The number of amides is 1. The summed E-state index contributed by atoms with van der Waals surface area (Å²) < 4.78 is 34.1. The molecule has 0 aliphatic carbocycles. The molecule has 0 spiro atoms. The molecule has 2 aromatic carbocycles. The van der Waals surface area contributed by atoms with E-state index in [-0.39, 0.29) is 21.6 Å². The van der Waals surface area contributed by atoms with Crippen molar-refractivity contribution in [1.29, 1.82) is 0 Å². The van der Waals surface area contributed by atoms with E-state index in [0.29, 0.717) is 34.1 Å². The van der Waals surface area contributed by atoms with Gasteiger partial charge in [0.05, 0.1) is 38.6 Å². The second-order valence-corrected chi connectivity index (χ2v) is 10.2. The Bertz CT molecular complexity index is 1520. The molecule has 2 N–H and O–H groups in total. The van der Waals surface area contributed by atoms with Gasteiger partial charge in [0.25, 0.3) is 5.91 Å². The lowest BCUT2D eigenvalue weighted by molar-refractivity contribution is -0.114. The van der Waals surface area contributed by atoms with Gasteiger partial charge in [0.15, 0.2) is 0 Å². The largest absolute Gasteiger partial charge is 0.459 e. The Labute approximate surface area is 212 Å².